The van der Waals surface area contributed by atoms with Gasteiger partial charge in [0.2, 0.25) is 0 Å². The van der Waals surface area contributed by atoms with Crippen molar-refractivity contribution >= 4 is 11.8 Å². The highest BCUT2D eigenvalue weighted by molar-refractivity contribution is 7.99. The van der Waals surface area contributed by atoms with E-state index in [9.17, 15) is 0 Å². The standard InChI is InChI=1S/C18H28S/c1-3-5-6-19-16-10-13-9-15(16)18-12-7-11(4-2)14(8-12)17(13)18/h4,11-18H,2-3,5-10H2,1H3/t11-,12-,13-,14-,15+,16+,17?,18?/m1/s1. The van der Waals surface area contributed by atoms with Crippen LogP contribution in [0, 0.1) is 41.4 Å². The van der Waals surface area contributed by atoms with Crippen molar-refractivity contribution in [1.29, 1.82) is 0 Å². The van der Waals surface area contributed by atoms with Crippen LogP contribution in [0.1, 0.15) is 45.4 Å². The Morgan fingerprint density at radius 3 is 2.58 bits per heavy atom. The van der Waals surface area contributed by atoms with Gasteiger partial charge in [-0.3, -0.25) is 0 Å². The minimum absolute atomic E-state index is 0.886. The van der Waals surface area contributed by atoms with E-state index >= 15 is 0 Å². The first kappa shape index (κ1) is 12.8. The SMILES string of the molecule is C=C[C@@H]1C[C@@H]2C[C@H]1C1C2[C@H]2C[C@@H]1C[C@@H]2SCCCC. The fourth-order valence-corrected chi connectivity index (χ4v) is 8.11. The molecule has 4 aliphatic rings. The molecule has 0 spiro atoms. The molecule has 0 heterocycles. The van der Waals surface area contributed by atoms with Crippen molar-refractivity contribution in [2.75, 3.05) is 5.75 Å². The Morgan fingerprint density at radius 2 is 1.79 bits per heavy atom. The van der Waals surface area contributed by atoms with Gasteiger partial charge in [-0.15, -0.1) is 6.58 Å². The second kappa shape index (κ2) is 4.83. The molecule has 0 radical (unpaired) electrons. The molecule has 4 fully saturated rings. The van der Waals surface area contributed by atoms with Gasteiger partial charge in [-0.2, -0.15) is 11.8 Å². The monoisotopic (exact) mass is 276 g/mol. The van der Waals surface area contributed by atoms with Gasteiger partial charge >= 0.3 is 0 Å². The quantitative estimate of drug-likeness (QED) is 0.387. The Hall–Kier alpha value is 0.0900. The van der Waals surface area contributed by atoms with Crippen molar-refractivity contribution in [2.45, 2.75) is 50.7 Å². The van der Waals surface area contributed by atoms with Crippen molar-refractivity contribution in [3.8, 4) is 0 Å². The molecule has 0 aromatic carbocycles. The average Bonchev–Trinajstić information content (AvgIpc) is 3.15. The van der Waals surface area contributed by atoms with Crippen molar-refractivity contribution in [3.63, 3.8) is 0 Å². The Morgan fingerprint density at radius 1 is 1.05 bits per heavy atom. The summed E-state index contributed by atoms with van der Waals surface area (Å²) in [6.07, 6.45) is 11.3. The van der Waals surface area contributed by atoms with E-state index in [1.54, 1.807) is 19.3 Å². The third-order valence-electron chi connectivity index (χ3n) is 6.94. The smallest absolute Gasteiger partial charge is 0.00810 e. The molecule has 0 saturated heterocycles. The lowest BCUT2D eigenvalue weighted by molar-refractivity contribution is 0.125. The predicted octanol–water partition coefficient (Wildman–Crippen LogP) is 5.00. The topological polar surface area (TPSA) is 0 Å². The van der Waals surface area contributed by atoms with Gasteiger partial charge in [0.25, 0.3) is 0 Å². The molecule has 8 atom stereocenters. The van der Waals surface area contributed by atoms with Gasteiger partial charge in [0.1, 0.15) is 0 Å². The zero-order chi connectivity index (χ0) is 13.0. The maximum absolute atomic E-state index is 4.10. The summed E-state index contributed by atoms with van der Waals surface area (Å²) < 4.78 is 0. The van der Waals surface area contributed by atoms with Crippen LogP contribution in [0.5, 0.6) is 0 Å². The molecular weight excluding hydrogens is 248 g/mol. The molecule has 0 aromatic rings. The van der Waals surface area contributed by atoms with E-state index in [1.807, 2.05) is 0 Å². The second-order valence-electron chi connectivity index (χ2n) is 7.61. The summed E-state index contributed by atoms with van der Waals surface area (Å²) in [4.78, 5) is 0. The number of fused-ring (bicyclic) bond motifs is 9. The minimum atomic E-state index is 0.886. The fraction of sp³-hybridized carbons (Fsp3) is 0.889. The normalized spacial score (nSPS) is 53.7. The van der Waals surface area contributed by atoms with Crippen LogP contribution in [0.4, 0.5) is 0 Å². The molecule has 1 heteroatoms. The Kier molecular flexibility index (Phi) is 3.25. The Bertz CT molecular complexity index is 363. The van der Waals surface area contributed by atoms with Crippen LogP contribution in [-0.4, -0.2) is 11.0 Å². The Balaban J connectivity index is 1.45. The van der Waals surface area contributed by atoms with Gasteiger partial charge in [-0.05, 0) is 79.3 Å². The van der Waals surface area contributed by atoms with Crippen molar-refractivity contribution < 1.29 is 0 Å². The van der Waals surface area contributed by atoms with Gasteiger partial charge in [0.05, 0.1) is 0 Å². The third-order valence-corrected chi connectivity index (χ3v) is 8.44. The summed E-state index contributed by atoms with van der Waals surface area (Å²) in [7, 11) is 0. The molecular formula is C18H28S. The summed E-state index contributed by atoms with van der Waals surface area (Å²) in [6, 6.07) is 0. The van der Waals surface area contributed by atoms with E-state index < -0.39 is 0 Å². The molecule has 0 aliphatic heterocycles. The maximum Gasteiger partial charge on any atom is 0.00810 e. The molecule has 0 nitrogen and oxygen atoms in total. The highest BCUT2D eigenvalue weighted by Gasteiger charge is 2.63. The van der Waals surface area contributed by atoms with Crippen LogP contribution >= 0.6 is 11.8 Å². The lowest BCUT2D eigenvalue weighted by Crippen LogP contribution is -2.36. The number of hydrogen-bond acceptors (Lipinski definition) is 1. The number of rotatable bonds is 5. The van der Waals surface area contributed by atoms with E-state index in [0.29, 0.717) is 0 Å². The molecule has 0 aromatic heterocycles. The second-order valence-corrected chi connectivity index (χ2v) is 8.95. The van der Waals surface area contributed by atoms with Crippen LogP contribution in [0.15, 0.2) is 12.7 Å². The number of allylic oxidation sites excluding steroid dienone is 1. The lowest BCUT2D eigenvalue weighted by Gasteiger charge is -2.40. The van der Waals surface area contributed by atoms with Crippen LogP contribution < -0.4 is 0 Å². The third kappa shape index (κ3) is 1.79. The van der Waals surface area contributed by atoms with Crippen molar-refractivity contribution in [2.24, 2.45) is 41.4 Å². The summed E-state index contributed by atoms with van der Waals surface area (Å²) in [5, 5.41) is 1.04. The molecule has 2 unspecified atom stereocenters. The number of thioether (sulfide) groups is 1. The van der Waals surface area contributed by atoms with Crippen molar-refractivity contribution in [1.82, 2.24) is 0 Å². The van der Waals surface area contributed by atoms with Gasteiger partial charge in [0, 0.05) is 5.25 Å². The van der Waals surface area contributed by atoms with E-state index in [0.717, 1.165) is 46.7 Å². The molecule has 0 amide bonds. The summed E-state index contributed by atoms with van der Waals surface area (Å²) in [6.45, 7) is 6.42. The maximum atomic E-state index is 4.10. The summed E-state index contributed by atoms with van der Waals surface area (Å²) >= 11 is 2.33. The lowest BCUT2D eigenvalue weighted by atomic mass is 9.67. The molecule has 4 saturated carbocycles. The summed E-state index contributed by atoms with van der Waals surface area (Å²) in [5.74, 6) is 8.91. The van der Waals surface area contributed by atoms with Gasteiger partial charge in [-0.1, -0.05) is 19.4 Å². The van der Waals surface area contributed by atoms with Crippen molar-refractivity contribution in [3.05, 3.63) is 12.7 Å². The van der Waals surface area contributed by atoms with Crippen LogP contribution in [0.2, 0.25) is 0 Å². The van der Waals surface area contributed by atoms with E-state index in [4.69, 9.17) is 0 Å². The van der Waals surface area contributed by atoms with Crippen LogP contribution in [0.3, 0.4) is 0 Å². The molecule has 4 aliphatic carbocycles. The first-order chi connectivity index (χ1) is 9.33. The highest BCUT2D eigenvalue weighted by Crippen LogP contribution is 2.70. The first-order valence-corrected chi connectivity index (χ1v) is 9.62. The molecule has 0 N–H and O–H groups in total. The van der Waals surface area contributed by atoms with Crippen LogP contribution in [-0.2, 0) is 0 Å². The Labute approximate surface area is 122 Å². The van der Waals surface area contributed by atoms with E-state index in [1.165, 1.54) is 25.0 Å². The molecule has 19 heavy (non-hydrogen) atoms. The van der Waals surface area contributed by atoms with Gasteiger partial charge < -0.3 is 0 Å². The molecule has 4 bridgehead atoms. The zero-order valence-electron chi connectivity index (χ0n) is 12.3. The fourth-order valence-electron chi connectivity index (χ4n) is 6.43. The van der Waals surface area contributed by atoms with E-state index in [-0.39, 0.29) is 0 Å². The zero-order valence-corrected chi connectivity index (χ0v) is 13.1. The van der Waals surface area contributed by atoms with Gasteiger partial charge in [0.15, 0.2) is 0 Å². The van der Waals surface area contributed by atoms with Crippen LogP contribution in [0.25, 0.3) is 0 Å². The molecule has 4 rings (SSSR count). The van der Waals surface area contributed by atoms with E-state index in [2.05, 4.69) is 31.3 Å². The number of hydrogen-bond donors (Lipinski definition) is 0. The average molecular weight is 276 g/mol. The predicted molar refractivity (Wildman–Crippen MR) is 84.2 cm³/mol. The largest absolute Gasteiger partial charge is 0.158 e. The van der Waals surface area contributed by atoms with Gasteiger partial charge in [-0.25, -0.2) is 0 Å². The highest BCUT2D eigenvalue weighted by atomic mass is 32.2. The minimum Gasteiger partial charge on any atom is -0.158 e. The molecule has 106 valence electrons. The number of unbranched alkanes of at least 4 members (excludes halogenated alkanes) is 1. The summed E-state index contributed by atoms with van der Waals surface area (Å²) in [5.41, 5.74) is 0. The first-order valence-electron chi connectivity index (χ1n) is 8.57.